The van der Waals surface area contributed by atoms with Crippen LogP contribution >= 0.6 is 0 Å². The molecule has 4 rings (SSSR count). The number of fused-ring (bicyclic) bond motifs is 1. The summed E-state index contributed by atoms with van der Waals surface area (Å²) in [4.78, 5) is 23.6. The van der Waals surface area contributed by atoms with Gasteiger partial charge in [-0.1, -0.05) is 54.3 Å². The number of carboxylic acids is 1. The lowest BCUT2D eigenvalue weighted by Crippen LogP contribution is -2.24. The van der Waals surface area contributed by atoms with Crippen LogP contribution in [0.1, 0.15) is 11.1 Å². The van der Waals surface area contributed by atoms with Crippen LogP contribution in [-0.2, 0) is 16.0 Å². The Hall–Kier alpha value is -4.34. The third kappa shape index (κ3) is 5.52. The van der Waals surface area contributed by atoms with Crippen molar-refractivity contribution in [3.63, 3.8) is 0 Å². The molecular formula is C28H22O6. The second-order valence-electron chi connectivity index (χ2n) is 7.55. The van der Waals surface area contributed by atoms with Crippen LogP contribution in [0, 0.1) is 11.8 Å². The monoisotopic (exact) mass is 454 g/mol. The van der Waals surface area contributed by atoms with E-state index in [2.05, 4.69) is 11.8 Å². The highest BCUT2D eigenvalue weighted by atomic mass is 16.5. The molecule has 6 heteroatoms. The number of hydrogen-bond donors (Lipinski definition) is 1. The molecule has 0 saturated carbocycles. The van der Waals surface area contributed by atoms with Crippen molar-refractivity contribution in [1.82, 2.24) is 0 Å². The molecule has 0 aliphatic rings. The molecule has 0 aliphatic carbocycles. The van der Waals surface area contributed by atoms with Crippen molar-refractivity contribution in [3.05, 3.63) is 100 Å². The van der Waals surface area contributed by atoms with Gasteiger partial charge in [0.25, 0.3) is 0 Å². The van der Waals surface area contributed by atoms with Crippen molar-refractivity contribution in [3.8, 4) is 28.9 Å². The van der Waals surface area contributed by atoms with Gasteiger partial charge in [0.05, 0.1) is 5.39 Å². The van der Waals surface area contributed by atoms with Gasteiger partial charge in [0.1, 0.15) is 23.7 Å². The summed E-state index contributed by atoms with van der Waals surface area (Å²) in [5, 5.41) is 9.56. The van der Waals surface area contributed by atoms with E-state index in [4.69, 9.17) is 19.0 Å². The number of rotatable bonds is 7. The predicted molar refractivity (Wildman–Crippen MR) is 129 cm³/mol. The number of ether oxygens (including phenoxy) is 2. The third-order valence-corrected chi connectivity index (χ3v) is 5.24. The minimum absolute atomic E-state index is 0.116. The van der Waals surface area contributed by atoms with E-state index in [9.17, 15) is 9.59 Å². The second-order valence-corrected chi connectivity index (χ2v) is 7.55. The standard InChI is InChI=1S/C28H22O6/c1-32-27(28(30)31)16-20-11-9-19(10-12-20)6-5-15-33-22-13-14-23-24(29)18-25(34-26(23)17-22)21-7-3-2-4-8-21/h2-4,7-14,17-18,27H,15-16H2,1H3,(H,30,31). The van der Waals surface area contributed by atoms with Crippen LogP contribution in [0.25, 0.3) is 22.3 Å². The Kier molecular flexibility index (Phi) is 7.07. The molecule has 6 nitrogen and oxygen atoms in total. The molecular weight excluding hydrogens is 432 g/mol. The highest BCUT2D eigenvalue weighted by Gasteiger charge is 2.16. The molecule has 1 heterocycles. The fourth-order valence-electron chi connectivity index (χ4n) is 3.44. The molecule has 1 atom stereocenters. The maximum absolute atomic E-state index is 12.5. The number of benzene rings is 3. The molecule has 4 aromatic rings. The normalized spacial score (nSPS) is 11.4. The van der Waals surface area contributed by atoms with Crippen molar-refractivity contribution in [1.29, 1.82) is 0 Å². The van der Waals surface area contributed by atoms with Gasteiger partial charge in [-0.15, -0.1) is 0 Å². The molecule has 0 saturated heterocycles. The van der Waals surface area contributed by atoms with Gasteiger partial charge in [0, 0.05) is 36.8 Å². The Morgan fingerprint density at radius 3 is 2.50 bits per heavy atom. The topological polar surface area (TPSA) is 86.0 Å². The van der Waals surface area contributed by atoms with E-state index in [1.54, 1.807) is 18.2 Å². The van der Waals surface area contributed by atoms with E-state index in [0.717, 1.165) is 16.7 Å². The van der Waals surface area contributed by atoms with Gasteiger partial charge in [-0.3, -0.25) is 4.79 Å². The summed E-state index contributed by atoms with van der Waals surface area (Å²) < 4.78 is 16.6. The first-order valence-electron chi connectivity index (χ1n) is 10.6. The van der Waals surface area contributed by atoms with Crippen LogP contribution in [0.5, 0.6) is 5.75 Å². The van der Waals surface area contributed by atoms with Gasteiger partial charge in [-0.2, -0.15) is 0 Å². The summed E-state index contributed by atoms with van der Waals surface area (Å²) in [6.45, 7) is 0.153. The van der Waals surface area contributed by atoms with Crippen molar-refractivity contribution < 1.29 is 23.8 Å². The summed E-state index contributed by atoms with van der Waals surface area (Å²) in [7, 11) is 1.38. The summed E-state index contributed by atoms with van der Waals surface area (Å²) in [5.74, 6) is 6.02. The maximum Gasteiger partial charge on any atom is 0.333 e. The first-order valence-corrected chi connectivity index (χ1v) is 10.6. The Morgan fingerprint density at radius 2 is 1.79 bits per heavy atom. The zero-order valence-electron chi connectivity index (χ0n) is 18.5. The predicted octanol–water partition coefficient (Wildman–Crippen LogP) is 4.53. The second kappa shape index (κ2) is 10.5. The van der Waals surface area contributed by atoms with E-state index >= 15 is 0 Å². The zero-order valence-corrected chi connectivity index (χ0v) is 18.5. The van der Waals surface area contributed by atoms with Crippen LogP contribution in [0.3, 0.4) is 0 Å². The number of methoxy groups -OCH3 is 1. The summed E-state index contributed by atoms with van der Waals surface area (Å²) in [6.07, 6.45) is -0.590. The van der Waals surface area contributed by atoms with Crippen LogP contribution in [0.4, 0.5) is 0 Å². The average Bonchev–Trinajstić information content (AvgIpc) is 2.86. The van der Waals surface area contributed by atoms with E-state index < -0.39 is 12.1 Å². The minimum Gasteiger partial charge on any atom is -0.481 e. The lowest BCUT2D eigenvalue weighted by atomic mass is 10.1. The Labute approximate surface area is 196 Å². The first-order chi connectivity index (χ1) is 16.5. The van der Waals surface area contributed by atoms with Gasteiger partial charge >= 0.3 is 5.97 Å². The Bertz CT molecular complexity index is 1410. The van der Waals surface area contributed by atoms with Gasteiger partial charge in [-0.25, -0.2) is 4.79 Å². The van der Waals surface area contributed by atoms with Crippen molar-refractivity contribution >= 4 is 16.9 Å². The van der Waals surface area contributed by atoms with Gasteiger partial charge in [0.2, 0.25) is 0 Å². The molecule has 0 spiro atoms. The molecule has 34 heavy (non-hydrogen) atoms. The molecule has 0 amide bonds. The summed E-state index contributed by atoms with van der Waals surface area (Å²) in [6, 6.07) is 23.3. The van der Waals surface area contributed by atoms with Crippen molar-refractivity contribution in [2.45, 2.75) is 12.5 Å². The molecule has 1 N–H and O–H groups in total. The van der Waals surface area contributed by atoms with Gasteiger partial charge in [0.15, 0.2) is 11.5 Å². The molecule has 1 aromatic heterocycles. The number of hydrogen-bond acceptors (Lipinski definition) is 5. The highest BCUT2D eigenvalue weighted by molar-refractivity contribution is 5.80. The third-order valence-electron chi connectivity index (χ3n) is 5.24. The number of aliphatic carboxylic acids is 1. The number of carbonyl (C=O) groups is 1. The van der Waals surface area contributed by atoms with E-state index in [0.29, 0.717) is 22.5 Å². The highest BCUT2D eigenvalue weighted by Crippen LogP contribution is 2.24. The first kappa shape index (κ1) is 22.8. The van der Waals surface area contributed by atoms with Crippen LogP contribution < -0.4 is 10.2 Å². The Morgan fingerprint density at radius 1 is 1.03 bits per heavy atom. The van der Waals surface area contributed by atoms with Crippen LogP contribution in [0.2, 0.25) is 0 Å². The summed E-state index contributed by atoms with van der Waals surface area (Å²) in [5.41, 5.74) is 2.79. The molecule has 170 valence electrons. The molecule has 3 aromatic carbocycles. The largest absolute Gasteiger partial charge is 0.481 e. The van der Waals surface area contributed by atoms with Crippen molar-refractivity contribution in [2.24, 2.45) is 0 Å². The number of carboxylic acid groups (broad SMARTS) is 1. The van der Waals surface area contributed by atoms with Crippen molar-refractivity contribution in [2.75, 3.05) is 13.7 Å². The van der Waals surface area contributed by atoms with Gasteiger partial charge < -0.3 is 19.0 Å². The molecule has 0 aliphatic heterocycles. The molecule has 0 fully saturated rings. The molecule has 1 unspecified atom stereocenters. The lowest BCUT2D eigenvalue weighted by Gasteiger charge is -2.10. The fourth-order valence-corrected chi connectivity index (χ4v) is 3.44. The van der Waals surface area contributed by atoms with E-state index in [-0.39, 0.29) is 18.5 Å². The quantitative estimate of drug-likeness (QED) is 0.413. The van der Waals surface area contributed by atoms with E-state index in [1.807, 2.05) is 54.6 Å². The maximum atomic E-state index is 12.5. The SMILES string of the molecule is COC(Cc1ccc(C#CCOc2ccc3c(=O)cc(-c4ccccc4)oc3c2)cc1)C(=O)O. The fraction of sp³-hybridized carbons (Fsp3) is 0.143. The average molecular weight is 454 g/mol. The van der Waals surface area contributed by atoms with Crippen LogP contribution in [0.15, 0.2) is 88.1 Å². The van der Waals surface area contributed by atoms with E-state index in [1.165, 1.54) is 13.2 Å². The lowest BCUT2D eigenvalue weighted by molar-refractivity contribution is -0.148. The van der Waals surface area contributed by atoms with Crippen LogP contribution in [-0.4, -0.2) is 30.9 Å². The Balaban J connectivity index is 1.42. The minimum atomic E-state index is -0.993. The van der Waals surface area contributed by atoms with Gasteiger partial charge in [-0.05, 0) is 29.8 Å². The molecule has 0 radical (unpaired) electrons. The molecule has 0 bridgehead atoms. The smallest absolute Gasteiger partial charge is 0.333 e. The summed E-state index contributed by atoms with van der Waals surface area (Å²) >= 11 is 0. The zero-order chi connectivity index (χ0) is 23.9.